The molecule has 0 unspecified atom stereocenters. The Hall–Kier alpha value is -1.43. The summed E-state index contributed by atoms with van der Waals surface area (Å²) in [5.74, 6) is 1.27. The van der Waals surface area contributed by atoms with E-state index >= 15 is 0 Å². The largest absolute Gasteiger partial charge is 0.239 e. The van der Waals surface area contributed by atoms with Crippen molar-refractivity contribution in [2.75, 3.05) is 0 Å². The summed E-state index contributed by atoms with van der Waals surface area (Å²) in [5, 5.41) is 8.61. The average molecular weight is 189 g/mol. The molecule has 0 saturated carbocycles. The van der Waals surface area contributed by atoms with Gasteiger partial charge in [-0.1, -0.05) is 27.7 Å². The monoisotopic (exact) mass is 189 g/mol. The minimum atomic E-state index is -0.0476. The van der Waals surface area contributed by atoms with Crippen LogP contribution >= 0.6 is 0 Å². The summed E-state index contributed by atoms with van der Waals surface area (Å²) < 4.78 is 0. The lowest BCUT2D eigenvalue weighted by molar-refractivity contribution is 0.351. The maximum atomic E-state index is 8.61. The molecule has 0 atom stereocenters. The molecule has 14 heavy (non-hydrogen) atoms. The maximum absolute atomic E-state index is 8.61. The molecule has 0 radical (unpaired) electrons. The summed E-state index contributed by atoms with van der Waals surface area (Å²) in [6.07, 6.45) is 3.15. The Bertz CT molecular complexity index is 344. The van der Waals surface area contributed by atoms with Gasteiger partial charge in [0.05, 0.1) is 5.56 Å². The normalized spacial score (nSPS) is 11.4. The fourth-order valence-electron chi connectivity index (χ4n) is 0.977. The third kappa shape index (κ3) is 1.90. The molecule has 0 spiro atoms. The van der Waals surface area contributed by atoms with Crippen LogP contribution in [0.3, 0.4) is 0 Å². The average Bonchev–Trinajstić information content (AvgIpc) is 2.17. The van der Waals surface area contributed by atoms with Crippen molar-refractivity contribution in [1.29, 1.82) is 5.26 Å². The predicted octanol–water partition coefficient (Wildman–Crippen LogP) is 2.28. The van der Waals surface area contributed by atoms with Crippen LogP contribution in [0.25, 0.3) is 0 Å². The van der Waals surface area contributed by atoms with Gasteiger partial charge in [0, 0.05) is 17.8 Å². The van der Waals surface area contributed by atoms with Crippen LogP contribution in [-0.4, -0.2) is 9.97 Å². The number of rotatable bonds is 2. The molecule has 0 aliphatic rings. The zero-order valence-corrected chi connectivity index (χ0v) is 9.07. The van der Waals surface area contributed by atoms with Crippen molar-refractivity contribution in [3.8, 4) is 6.07 Å². The number of nitriles is 1. The van der Waals surface area contributed by atoms with Gasteiger partial charge in [0.1, 0.15) is 11.9 Å². The number of aromatic nitrogens is 2. The Morgan fingerprint density at radius 1 is 1.29 bits per heavy atom. The summed E-state index contributed by atoms with van der Waals surface area (Å²) >= 11 is 0. The van der Waals surface area contributed by atoms with Crippen molar-refractivity contribution >= 4 is 0 Å². The first kappa shape index (κ1) is 10.6. The maximum Gasteiger partial charge on any atom is 0.134 e. The molecule has 0 N–H and O–H groups in total. The molecule has 1 aromatic rings. The van der Waals surface area contributed by atoms with E-state index in [-0.39, 0.29) is 5.41 Å². The molecule has 0 saturated heterocycles. The second-order valence-electron chi connectivity index (χ2n) is 4.28. The Balaban J connectivity index is 3.04. The third-order valence-electron chi connectivity index (χ3n) is 2.80. The number of hydrogen-bond acceptors (Lipinski definition) is 3. The smallest absolute Gasteiger partial charge is 0.134 e. The quantitative estimate of drug-likeness (QED) is 0.717. The minimum Gasteiger partial charge on any atom is -0.239 e. The van der Waals surface area contributed by atoms with Crippen molar-refractivity contribution < 1.29 is 0 Å². The lowest BCUT2D eigenvalue weighted by atomic mass is 9.80. The van der Waals surface area contributed by atoms with Crippen LogP contribution in [0.5, 0.6) is 0 Å². The van der Waals surface area contributed by atoms with Gasteiger partial charge in [-0.15, -0.1) is 0 Å². The van der Waals surface area contributed by atoms with Gasteiger partial charge in [0.15, 0.2) is 0 Å². The van der Waals surface area contributed by atoms with Crippen LogP contribution in [-0.2, 0) is 5.41 Å². The molecule has 0 bridgehead atoms. The van der Waals surface area contributed by atoms with E-state index in [1.807, 2.05) is 6.07 Å². The SMILES string of the molecule is CC(C)C(C)(C)c1ncc(C#N)cn1. The van der Waals surface area contributed by atoms with Crippen molar-refractivity contribution in [2.45, 2.75) is 33.1 Å². The Morgan fingerprint density at radius 3 is 2.14 bits per heavy atom. The summed E-state index contributed by atoms with van der Waals surface area (Å²) in [5.41, 5.74) is 0.460. The zero-order chi connectivity index (χ0) is 10.8. The summed E-state index contributed by atoms with van der Waals surface area (Å²) in [6, 6.07) is 2.01. The number of nitrogens with zero attached hydrogens (tertiary/aromatic N) is 3. The van der Waals surface area contributed by atoms with Crippen LogP contribution in [0.2, 0.25) is 0 Å². The topological polar surface area (TPSA) is 49.6 Å². The summed E-state index contributed by atoms with van der Waals surface area (Å²) in [4.78, 5) is 8.42. The Morgan fingerprint density at radius 2 is 1.79 bits per heavy atom. The van der Waals surface area contributed by atoms with E-state index in [4.69, 9.17) is 5.26 Å². The van der Waals surface area contributed by atoms with Crippen LogP contribution in [0.1, 0.15) is 39.1 Å². The molecule has 0 aliphatic carbocycles. The third-order valence-corrected chi connectivity index (χ3v) is 2.80. The van der Waals surface area contributed by atoms with Crippen molar-refractivity contribution in [3.63, 3.8) is 0 Å². The predicted molar refractivity (Wildman–Crippen MR) is 54.6 cm³/mol. The second-order valence-corrected chi connectivity index (χ2v) is 4.28. The van der Waals surface area contributed by atoms with Crippen molar-refractivity contribution in [1.82, 2.24) is 9.97 Å². The highest BCUT2D eigenvalue weighted by Crippen LogP contribution is 2.27. The van der Waals surface area contributed by atoms with E-state index in [2.05, 4.69) is 37.7 Å². The number of hydrogen-bond donors (Lipinski definition) is 0. The Kier molecular flexibility index (Phi) is 2.85. The molecule has 1 rings (SSSR count). The van der Waals surface area contributed by atoms with Crippen LogP contribution in [0, 0.1) is 17.2 Å². The highest BCUT2D eigenvalue weighted by atomic mass is 14.9. The van der Waals surface area contributed by atoms with Gasteiger partial charge in [0.25, 0.3) is 0 Å². The molecule has 1 aromatic heterocycles. The van der Waals surface area contributed by atoms with E-state index in [0.29, 0.717) is 11.5 Å². The van der Waals surface area contributed by atoms with Gasteiger partial charge >= 0.3 is 0 Å². The van der Waals surface area contributed by atoms with Gasteiger partial charge < -0.3 is 0 Å². The first-order valence-electron chi connectivity index (χ1n) is 4.71. The molecule has 3 heteroatoms. The molecular weight excluding hydrogens is 174 g/mol. The molecule has 1 heterocycles. The van der Waals surface area contributed by atoms with Gasteiger partial charge in [-0.2, -0.15) is 5.26 Å². The van der Waals surface area contributed by atoms with Gasteiger partial charge in [-0.25, -0.2) is 9.97 Å². The van der Waals surface area contributed by atoms with Crippen LogP contribution in [0.4, 0.5) is 0 Å². The van der Waals surface area contributed by atoms with E-state index in [9.17, 15) is 0 Å². The van der Waals surface area contributed by atoms with Gasteiger partial charge in [0.2, 0.25) is 0 Å². The lowest BCUT2D eigenvalue weighted by Gasteiger charge is -2.27. The fraction of sp³-hybridized carbons (Fsp3) is 0.545. The van der Waals surface area contributed by atoms with E-state index in [1.54, 1.807) is 12.4 Å². The molecule has 74 valence electrons. The fourth-order valence-corrected chi connectivity index (χ4v) is 0.977. The Labute approximate surface area is 84.8 Å². The molecule has 0 aromatic carbocycles. The first-order valence-corrected chi connectivity index (χ1v) is 4.71. The summed E-state index contributed by atoms with van der Waals surface area (Å²) in [7, 11) is 0. The van der Waals surface area contributed by atoms with Crippen LogP contribution < -0.4 is 0 Å². The molecule has 3 nitrogen and oxygen atoms in total. The van der Waals surface area contributed by atoms with Crippen LogP contribution in [0.15, 0.2) is 12.4 Å². The standard InChI is InChI=1S/C11H15N3/c1-8(2)11(3,4)10-13-6-9(5-12)7-14-10/h6-8H,1-4H3. The summed E-state index contributed by atoms with van der Waals surface area (Å²) in [6.45, 7) is 8.50. The molecule has 0 aliphatic heterocycles. The highest BCUT2D eigenvalue weighted by molar-refractivity contribution is 5.23. The second kappa shape index (κ2) is 3.75. The zero-order valence-electron chi connectivity index (χ0n) is 9.07. The lowest BCUT2D eigenvalue weighted by Crippen LogP contribution is -2.27. The van der Waals surface area contributed by atoms with Crippen molar-refractivity contribution in [2.24, 2.45) is 5.92 Å². The molecule has 0 amide bonds. The van der Waals surface area contributed by atoms with Gasteiger partial charge in [-0.3, -0.25) is 0 Å². The minimum absolute atomic E-state index is 0.0476. The van der Waals surface area contributed by atoms with E-state index < -0.39 is 0 Å². The highest BCUT2D eigenvalue weighted by Gasteiger charge is 2.27. The molecule has 0 fully saturated rings. The van der Waals surface area contributed by atoms with E-state index in [0.717, 1.165) is 5.82 Å². The van der Waals surface area contributed by atoms with Crippen molar-refractivity contribution in [3.05, 3.63) is 23.8 Å². The van der Waals surface area contributed by atoms with E-state index in [1.165, 1.54) is 0 Å². The molecular formula is C11H15N3. The first-order chi connectivity index (χ1) is 6.48. The van der Waals surface area contributed by atoms with Gasteiger partial charge in [-0.05, 0) is 5.92 Å².